The summed E-state index contributed by atoms with van der Waals surface area (Å²) >= 11 is 0. The lowest BCUT2D eigenvalue weighted by atomic mass is 10.1. The van der Waals surface area contributed by atoms with Crippen molar-refractivity contribution >= 4 is 10.9 Å². The minimum atomic E-state index is 0.502. The molecule has 3 aromatic rings. The number of fused-ring (bicyclic) bond motifs is 1. The average molecular weight is 278 g/mol. The lowest BCUT2D eigenvalue weighted by Crippen LogP contribution is -2.00. The number of ether oxygens (including phenoxy) is 1. The van der Waals surface area contributed by atoms with E-state index in [0.717, 1.165) is 33.5 Å². The van der Waals surface area contributed by atoms with E-state index in [-0.39, 0.29) is 0 Å². The Morgan fingerprint density at radius 3 is 2.62 bits per heavy atom. The van der Waals surface area contributed by atoms with E-state index in [0.29, 0.717) is 13.2 Å². The third kappa shape index (κ3) is 3.03. The summed E-state index contributed by atoms with van der Waals surface area (Å²) in [5.41, 5.74) is 10.0. The van der Waals surface area contributed by atoms with E-state index in [9.17, 15) is 0 Å². The first-order valence-electron chi connectivity index (χ1n) is 7.03. The van der Waals surface area contributed by atoms with Gasteiger partial charge in [-0.05, 0) is 42.3 Å². The lowest BCUT2D eigenvalue weighted by molar-refractivity contribution is 0.306. The summed E-state index contributed by atoms with van der Waals surface area (Å²) in [7, 11) is 0. The molecule has 1 heterocycles. The molecule has 21 heavy (non-hydrogen) atoms. The van der Waals surface area contributed by atoms with Crippen molar-refractivity contribution in [2.24, 2.45) is 5.73 Å². The third-order valence-corrected chi connectivity index (χ3v) is 3.46. The van der Waals surface area contributed by atoms with Crippen LogP contribution in [0.3, 0.4) is 0 Å². The highest BCUT2D eigenvalue weighted by Gasteiger charge is 2.05. The molecule has 0 spiro atoms. The minimum absolute atomic E-state index is 0.502. The zero-order valence-corrected chi connectivity index (χ0v) is 12.0. The second-order valence-corrected chi connectivity index (χ2v) is 5.08. The van der Waals surface area contributed by atoms with Crippen molar-refractivity contribution < 1.29 is 4.74 Å². The van der Waals surface area contributed by atoms with Gasteiger partial charge in [0.15, 0.2) is 0 Å². The van der Waals surface area contributed by atoms with Crippen molar-refractivity contribution in [3.05, 3.63) is 71.4 Å². The topological polar surface area (TPSA) is 48.1 Å². The van der Waals surface area contributed by atoms with E-state index in [4.69, 9.17) is 10.5 Å². The van der Waals surface area contributed by atoms with E-state index in [1.165, 1.54) is 0 Å². The highest BCUT2D eigenvalue weighted by molar-refractivity contribution is 5.83. The largest absolute Gasteiger partial charge is 0.489 e. The molecule has 0 atom stereocenters. The van der Waals surface area contributed by atoms with Crippen molar-refractivity contribution in [2.45, 2.75) is 20.1 Å². The molecule has 2 aromatic carbocycles. The van der Waals surface area contributed by atoms with Gasteiger partial charge in [0.25, 0.3) is 0 Å². The van der Waals surface area contributed by atoms with Gasteiger partial charge in [0.05, 0.1) is 5.52 Å². The Morgan fingerprint density at radius 2 is 1.86 bits per heavy atom. The first-order chi connectivity index (χ1) is 10.3. The number of pyridine rings is 1. The standard InChI is InChI=1S/C18H18N2O/c1-13-9-15(11-19)17-10-16(7-8-18(17)20-13)21-12-14-5-3-2-4-6-14/h2-10H,11-12,19H2,1H3. The second kappa shape index (κ2) is 5.94. The number of rotatable bonds is 4. The summed E-state index contributed by atoms with van der Waals surface area (Å²) in [6, 6.07) is 18.1. The van der Waals surface area contributed by atoms with Gasteiger partial charge in [-0.1, -0.05) is 30.3 Å². The molecule has 0 saturated carbocycles. The zero-order valence-electron chi connectivity index (χ0n) is 12.0. The number of nitrogens with two attached hydrogens (primary N) is 1. The fourth-order valence-corrected chi connectivity index (χ4v) is 2.42. The van der Waals surface area contributed by atoms with Crippen molar-refractivity contribution in [3.8, 4) is 5.75 Å². The fourth-order valence-electron chi connectivity index (χ4n) is 2.42. The van der Waals surface area contributed by atoms with Gasteiger partial charge in [-0.15, -0.1) is 0 Å². The molecule has 0 aliphatic carbocycles. The van der Waals surface area contributed by atoms with Gasteiger partial charge in [0.2, 0.25) is 0 Å². The SMILES string of the molecule is Cc1cc(CN)c2cc(OCc3ccccc3)ccc2n1. The Labute approximate surface area is 124 Å². The van der Waals surface area contributed by atoms with Crippen LogP contribution in [0, 0.1) is 6.92 Å². The molecule has 0 fully saturated rings. The fraction of sp³-hybridized carbons (Fsp3) is 0.167. The molecule has 106 valence electrons. The predicted octanol–water partition coefficient (Wildman–Crippen LogP) is 3.58. The van der Waals surface area contributed by atoms with Crippen LogP contribution in [-0.2, 0) is 13.2 Å². The Morgan fingerprint density at radius 1 is 1.05 bits per heavy atom. The molecule has 0 saturated heterocycles. The smallest absolute Gasteiger partial charge is 0.120 e. The normalized spacial score (nSPS) is 10.8. The second-order valence-electron chi connectivity index (χ2n) is 5.08. The monoisotopic (exact) mass is 278 g/mol. The van der Waals surface area contributed by atoms with Gasteiger partial charge in [-0.3, -0.25) is 4.98 Å². The molecule has 0 amide bonds. The Balaban J connectivity index is 1.88. The Hall–Kier alpha value is -2.39. The maximum absolute atomic E-state index is 5.86. The lowest BCUT2D eigenvalue weighted by Gasteiger charge is -2.10. The summed E-state index contributed by atoms with van der Waals surface area (Å²) in [6.07, 6.45) is 0. The Kier molecular flexibility index (Phi) is 3.84. The quantitative estimate of drug-likeness (QED) is 0.793. The van der Waals surface area contributed by atoms with Gasteiger partial charge >= 0.3 is 0 Å². The first kappa shape index (κ1) is 13.6. The molecular formula is C18H18N2O. The van der Waals surface area contributed by atoms with Crippen molar-refractivity contribution in [1.82, 2.24) is 4.98 Å². The van der Waals surface area contributed by atoms with Crippen molar-refractivity contribution in [3.63, 3.8) is 0 Å². The summed E-state index contributed by atoms with van der Waals surface area (Å²) in [5.74, 6) is 0.840. The summed E-state index contributed by atoms with van der Waals surface area (Å²) in [6.45, 7) is 3.05. The molecule has 0 bridgehead atoms. The van der Waals surface area contributed by atoms with E-state index >= 15 is 0 Å². The van der Waals surface area contributed by atoms with Gasteiger partial charge in [-0.2, -0.15) is 0 Å². The highest BCUT2D eigenvalue weighted by Crippen LogP contribution is 2.24. The molecule has 0 unspecified atom stereocenters. The highest BCUT2D eigenvalue weighted by atomic mass is 16.5. The summed E-state index contributed by atoms with van der Waals surface area (Å²) in [4.78, 5) is 4.53. The number of nitrogens with zero attached hydrogens (tertiary/aromatic N) is 1. The van der Waals surface area contributed by atoms with Crippen LogP contribution in [0.15, 0.2) is 54.6 Å². The van der Waals surface area contributed by atoms with E-state index in [2.05, 4.69) is 17.1 Å². The number of aryl methyl sites for hydroxylation is 1. The molecule has 3 heteroatoms. The molecule has 0 aliphatic heterocycles. The van der Waals surface area contributed by atoms with Crippen LogP contribution in [-0.4, -0.2) is 4.98 Å². The number of aromatic nitrogens is 1. The van der Waals surface area contributed by atoms with Crippen LogP contribution in [0.5, 0.6) is 5.75 Å². The minimum Gasteiger partial charge on any atom is -0.489 e. The number of benzene rings is 2. The van der Waals surface area contributed by atoms with Crippen LogP contribution < -0.4 is 10.5 Å². The van der Waals surface area contributed by atoms with Gasteiger partial charge < -0.3 is 10.5 Å². The number of hydrogen-bond donors (Lipinski definition) is 1. The van der Waals surface area contributed by atoms with Crippen LogP contribution in [0.1, 0.15) is 16.8 Å². The van der Waals surface area contributed by atoms with Gasteiger partial charge in [0.1, 0.15) is 12.4 Å². The first-order valence-corrected chi connectivity index (χ1v) is 7.03. The van der Waals surface area contributed by atoms with Crippen molar-refractivity contribution in [1.29, 1.82) is 0 Å². The molecule has 2 N–H and O–H groups in total. The molecule has 0 aliphatic rings. The molecule has 0 radical (unpaired) electrons. The Bertz CT molecular complexity index is 754. The van der Waals surface area contributed by atoms with E-state index in [1.54, 1.807) is 0 Å². The van der Waals surface area contributed by atoms with Gasteiger partial charge in [-0.25, -0.2) is 0 Å². The average Bonchev–Trinajstić information content (AvgIpc) is 2.53. The van der Waals surface area contributed by atoms with E-state index in [1.807, 2.05) is 49.4 Å². The van der Waals surface area contributed by atoms with Crippen LogP contribution in [0.2, 0.25) is 0 Å². The maximum Gasteiger partial charge on any atom is 0.120 e. The van der Waals surface area contributed by atoms with Crippen LogP contribution in [0.25, 0.3) is 10.9 Å². The molecular weight excluding hydrogens is 260 g/mol. The molecule has 3 nitrogen and oxygen atoms in total. The zero-order chi connectivity index (χ0) is 14.7. The molecule has 3 rings (SSSR count). The summed E-state index contributed by atoms with van der Waals surface area (Å²) < 4.78 is 5.86. The third-order valence-electron chi connectivity index (χ3n) is 3.46. The van der Waals surface area contributed by atoms with Crippen LogP contribution in [0.4, 0.5) is 0 Å². The van der Waals surface area contributed by atoms with E-state index < -0.39 is 0 Å². The maximum atomic E-state index is 5.86. The number of hydrogen-bond acceptors (Lipinski definition) is 3. The predicted molar refractivity (Wildman–Crippen MR) is 85.1 cm³/mol. The summed E-state index contributed by atoms with van der Waals surface area (Å²) in [5, 5.41) is 1.06. The van der Waals surface area contributed by atoms with Gasteiger partial charge in [0, 0.05) is 17.6 Å². The van der Waals surface area contributed by atoms with Crippen molar-refractivity contribution in [2.75, 3.05) is 0 Å². The molecule has 1 aromatic heterocycles. The van der Waals surface area contributed by atoms with Crippen LogP contribution >= 0.6 is 0 Å².